The van der Waals surface area contributed by atoms with Crippen molar-refractivity contribution in [2.45, 2.75) is 33.3 Å². The van der Waals surface area contributed by atoms with Crippen LogP contribution in [0.3, 0.4) is 0 Å². The first-order valence-corrected chi connectivity index (χ1v) is 4.69. The third-order valence-corrected chi connectivity index (χ3v) is 2.36. The molecule has 0 saturated carbocycles. The van der Waals surface area contributed by atoms with E-state index in [9.17, 15) is 5.11 Å². The van der Waals surface area contributed by atoms with E-state index in [1.807, 2.05) is 39.0 Å². The molecule has 0 aromatic heterocycles. The van der Waals surface area contributed by atoms with Crippen molar-refractivity contribution in [3.05, 3.63) is 34.4 Å². The van der Waals surface area contributed by atoms with Crippen LogP contribution in [0.4, 0.5) is 0 Å². The zero-order valence-corrected chi connectivity index (χ0v) is 8.83. The molecule has 0 heterocycles. The Bertz CT molecular complexity index is 353. The van der Waals surface area contributed by atoms with Crippen LogP contribution in [0.5, 0.6) is 0 Å². The topological polar surface area (TPSA) is 44.0 Å². The predicted molar refractivity (Wildman–Crippen MR) is 55.8 cm³/mol. The highest BCUT2D eigenvalue weighted by Gasteiger charge is 2.12. The van der Waals surface area contributed by atoms with Crippen LogP contribution >= 0.6 is 0 Å². The number of nitrogens with zero attached hydrogens (tertiary/aromatic N) is 1. The quantitative estimate of drug-likeness (QED) is 0.777. The molecule has 0 amide bonds. The molecule has 1 aromatic rings. The minimum absolute atomic E-state index is 0.157. The molecule has 1 unspecified atom stereocenters. The van der Waals surface area contributed by atoms with Crippen molar-refractivity contribution < 1.29 is 5.11 Å². The minimum atomic E-state index is -0.652. The van der Waals surface area contributed by atoms with Gasteiger partial charge in [-0.05, 0) is 37.5 Å². The van der Waals surface area contributed by atoms with Gasteiger partial charge >= 0.3 is 0 Å². The van der Waals surface area contributed by atoms with Crippen molar-refractivity contribution >= 4 is 0 Å². The lowest BCUT2D eigenvalue weighted by Gasteiger charge is -2.14. The largest absolute Gasteiger partial charge is 0.387 e. The van der Waals surface area contributed by atoms with Gasteiger partial charge in [-0.1, -0.05) is 17.7 Å². The molecule has 1 N–H and O–H groups in total. The maximum Gasteiger partial charge on any atom is 0.0925 e. The summed E-state index contributed by atoms with van der Waals surface area (Å²) in [6.45, 7) is 5.96. The van der Waals surface area contributed by atoms with E-state index in [0.29, 0.717) is 0 Å². The maximum absolute atomic E-state index is 9.75. The molecule has 1 rings (SSSR count). The average molecular weight is 189 g/mol. The van der Waals surface area contributed by atoms with Crippen LogP contribution in [0, 0.1) is 32.1 Å². The summed E-state index contributed by atoms with van der Waals surface area (Å²) < 4.78 is 0. The van der Waals surface area contributed by atoms with Gasteiger partial charge in [-0.3, -0.25) is 0 Å². The zero-order valence-electron chi connectivity index (χ0n) is 8.83. The minimum Gasteiger partial charge on any atom is -0.387 e. The number of hydrogen-bond acceptors (Lipinski definition) is 2. The monoisotopic (exact) mass is 189 g/mol. The summed E-state index contributed by atoms with van der Waals surface area (Å²) in [6, 6.07) is 6.05. The number of aliphatic hydroxyl groups excluding tert-OH is 1. The second-order valence-electron chi connectivity index (χ2n) is 3.69. The molecule has 0 aliphatic rings. The molecule has 2 nitrogen and oxygen atoms in total. The number of aliphatic hydroxyl groups is 1. The van der Waals surface area contributed by atoms with E-state index in [1.165, 1.54) is 5.56 Å². The fraction of sp³-hybridized carbons (Fsp3) is 0.417. The second-order valence-corrected chi connectivity index (χ2v) is 3.69. The number of rotatable bonds is 2. The van der Waals surface area contributed by atoms with Gasteiger partial charge in [0.15, 0.2) is 0 Å². The molecule has 0 fully saturated rings. The lowest BCUT2D eigenvalue weighted by Crippen LogP contribution is -2.02. The third-order valence-electron chi connectivity index (χ3n) is 2.36. The Kier molecular flexibility index (Phi) is 3.27. The Labute approximate surface area is 84.8 Å². The van der Waals surface area contributed by atoms with Crippen LogP contribution in [0.1, 0.15) is 34.8 Å². The molecule has 0 aliphatic carbocycles. The Morgan fingerprint density at radius 1 is 1.29 bits per heavy atom. The summed E-state index contributed by atoms with van der Waals surface area (Å²) in [5.41, 5.74) is 4.21. The third kappa shape index (κ3) is 2.12. The zero-order chi connectivity index (χ0) is 10.7. The summed E-state index contributed by atoms with van der Waals surface area (Å²) in [6.07, 6.45) is -0.495. The summed E-state index contributed by atoms with van der Waals surface area (Å²) in [7, 11) is 0. The van der Waals surface area contributed by atoms with Crippen molar-refractivity contribution in [2.24, 2.45) is 0 Å². The first kappa shape index (κ1) is 10.7. The van der Waals surface area contributed by atoms with Crippen LogP contribution in [0.2, 0.25) is 0 Å². The van der Waals surface area contributed by atoms with Crippen molar-refractivity contribution in [2.75, 3.05) is 0 Å². The fourth-order valence-electron chi connectivity index (χ4n) is 1.91. The Balaban J connectivity index is 3.15. The maximum atomic E-state index is 9.75. The molecule has 0 aliphatic heterocycles. The van der Waals surface area contributed by atoms with Gasteiger partial charge in [0.25, 0.3) is 0 Å². The lowest BCUT2D eigenvalue weighted by molar-refractivity contribution is 0.182. The SMILES string of the molecule is Cc1cc(C)c(C(O)CC#N)c(C)c1. The van der Waals surface area contributed by atoms with E-state index in [-0.39, 0.29) is 6.42 Å². The van der Waals surface area contributed by atoms with E-state index >= 15 is 0 Å². The van der Waals surface area contributed by atoms with Crippen molar-refractivity contribution in [1.82, 2.24) is 0 Å². The highest BCUT2D eigenvalue weighted by Crippen LogP contribution is 2.25. The summed E-state index contributed by atoms with van der Waals surface area (Å²) in [4.78, 5) is 0. The lowest BCUT2D eigenvalue weighted by atomic mass is 9.94. The molecular weight excluding hydrogens is 174 g/mol. The van der Waals surface area contributed by atoms with Gasteiger partial charge in [0, 0.05) is 0 Å². The Hall–Kier alpha value is -1.33. The summed E-state index contributed by atoms with van der Waals surface area (Å²) in [5, 5.41) is 18.3. The van der Waals surface area contributed by atoms with Gasteiger partial charge in [-0.15, -0.1) is 0 Å². The fourth-order valence-corrected chi connectivity index (χ4v) is 1.91. The Morgan fingerprint density at radius 3 is 2.21 bits per heavy atom. The molecule has 1 aromatic carbocycles. The predicted octanol–water partition coefficient (Wildman–Crippen LogP) is 2.56. The number of aryl methyl sites for hydroxylation is 3. The second kappa shape index (κ2) is 4.26. The van der Waals surface area contributed by atoms with Crippen molar-refractivity contribution in [3.8, 4) is 6.07 Å². The smallest absolute Gasteiger partial charge is 0.0925 e. The summed E-state index contributed by atoms with van der Waals surface area (Å²) in [5.74, 6) is 0. The van der Waals surface area contributed by atoms with Gasteiger partial charge in [0.05, 0.1) is 18.6 Å². The molecule has 0 spiro atoms. The van der Waals surface area contributed by atoms with Crippen molar-refractivity contribution in [1.29, 1.82) is 5.26 Å². The molecule has 74 valence electrons. The van der Waals surface area contributed by atoms with Gasteiger partial charge in [0.2, 0.25) is 0 Å². The number of benzene rings is 1. The van der Waals surface area contributed by atoms with Crippen LogP contribution in [-0.2, 0) is 0 Å². The Morgan fingerprint density at radius 2 is 1.79 bits per heavy atom. The van der Waals surface area contributed by atoms with E-state index in [1.54, 1.807) is 0 Å². The van der Waals surface area contributed by atoms with Crippen LogP contribution in [0.25, 0.3) is 0 Å². The van der Waals surface area contributed by atoms with E-state index in [4.69, 9.17) is 5.26 Å². The molecule has 2 heteroatoms. The molecule has 1 atom stereocenters. The van der Waals surface area contributed by atoms with Gasteiger partial charge < -0.3 is 5.11 Å². The highest BCUT2D eigenvalue weighted by atomic mass is 16.3. The van der Waals surface area contributed by atoms with Gasteiger partial charge in [-0.25, -0.2) is 0 Å². The van der Waals surface area contributed by atoms with Gasteiger partial charge in [0.1, 0.15) is 0 Å². The van der Waals surface area contributed by atoms with Crippen molar-refractivity contribution in [3.63, 3.8) is 0 Å². The molecule has 0 radical (unpaired) electrons. The summed E-state index contributed by atoms with van der Waals surface area (Å²) >= 11 is 0. The highest BCUT2D eigenvalue weighted by molar-refractivity contribution is 5.39. The average Bonchev–Trinajstić information content (AvgIpc) is 2.01. The molecular formula is C12H15NO. The van der Waals surface area contributed by atoms with E-state index in [0.717, 1.165) is 16.7 Å². The number of hydrogen-bond donors (Lipinski definition) is 1. The van der Waals surface area contributed by atoms with Crippen LogP contribution in [0.15, 0.2) is 12.1 Å². The first-order chi connectivity index (χ1) is 6.56. The van der Waals surface area contributed by atoms with Gasteiger partial charge in [-0.2, -0.15) is 5.26 Å². The first-order valence-electron chi connectivity index (χ1n) is 4.69. The molecule has 0 saturated heterocycles. The molecule has 14 heavy (non-hydrogen) atoms. The van der Waals surface area contributed by atoms with E-state index < -0.39 is 6.10 Å². The molecule has 0 bridgehead atoms. The standard InChI is InChI=1S/C12H15NO/c1-8-6-9(2)12(10(3)7-8)11(14)4-5-13/h6-7,11,14H,4H2,1-3H3. The van der Waals surface area contributed by atoms with Crippen LogP contribution < -0.4 is 0 Å². The van der Waals surface area contributed by atoms with Crippen LogP contribution in [-0.4, -0.2) is 5.11 Å². The van der Waals surface area contributed by atoms with E-state index in [2.05, 4.69) is 0 Å². The number of nitriles is 1. The normalized spacial score (nSPS) is 12.2.